The Bertz CT molecular complexity index is 540. The molecule has 1 aliphatic heterocycles. The maximum absolute atomic E-state index is 12.5. The van der Waals surface area contributed by atoms with Gasteiger partial charge in [0.1, 0.15) is 6.10 Å². The summed E-state index contributed by atoms with van der Waals surface area (Å²) in [4.78, 5) is 22.9. The number of hydrogen-bond donors (Lipinski definition) is 1. The molecule has 0 bridgehead atoms. The summed E-state index contributed by atoms with van der Waals surface area (Å²) < 4.78 is 5.83. The largest absolute Gasteiger partial charge is 0.460 e. The van der Waals surface area contributed by atoms with Gasteiger partial charge in [0, 0.05) is 50.8 Å². The van der Waals surface area contributed by atoms with Crippen LogP contribution in [0, 0.1) is 12.8 Å². The standard InChI is InChI=1S/C18H28N4O2/c1-13-11-20-18(21-12-13)24-15-6-8-22(9-7-15)17(23)10-14-4-2-3-5-16(14)19/h11-12,14-16H,2-10,19H2,1H3/t14-,16-/m0/s1. The van der Waals surface area contributed by atoms with Crippen LogP contribution >= 0.6 is 0 Å². The average Bonchev–Trinajstić information content (AvgIpc) is 2.59. The number of hydrogen-bond acceptors (Lipinski definition) is 5. The third kappa shape index (κ3) is 4.44. The van der Waals surface area contributed by atoms with Crippen molar-refractivity contribution in [3.05, 3.63) is 18.0 Å². The molecular weight excluding hydrogens is 304 g/mol. The zero-order valence-electron chi connectivity index (χ0n) is 14.5. The van der Waals surface area contributed by atoms with Crippen molar-refractivity contribution in [2.45, 2.75) is 64.0 Å². The molecule has 6 nitrogen and oxygen atoms in total. The molecule has 1 aliphatic carbocycles. The van der Waals surface area contributed by atoms with Gasteiger partial charge in [-0.1, -0.05) is 12.8 Å². The van der Waals surface area contributed by atoms with Crippen LogP contribution in [0.4, 0.5) is 0 Å². The Balaban J connectivity index is 1.44. The number of aromatic nitrogens is 2. The predicted octanol–water partition coefficient (Wildman–Crippen LogP) is 2.06. The van der Waals surface area contributed by atoms with E-state index in [1.807, 2.05) is 11.8 Å². The summed E-state index contributed by atoms with van der Waals surface area (Å²) in [5.74, 6) is 0.614. The van der Waals surface area contributed by atoms with Gasteiger partial charge in [0.05, 0.1) is 0 Å². The number of rotatable bonds is 4. The molecule has 2 fully saturated rings. The molecular formula is C18H28N4O2. The van der Waals surface area contributed by atoms with Crippen molar-refractivity contribution in [1.82, 2.24) is 14.9 Å². The van der Waals surface area contributed by atoms with Crippen molar-refractivity contribution in [2.24, 2.45) is 11.7 Å². The summed E-state index contributed by atoms with van der Waals surface area (Å²) in [6.07, 6.45) is 10.4. The van der Waals surface area contributed by atoms with Gasteiger partial charge < -0.3 is 15.4 Å². The van der Waals surface area contributed by atoms with Crippen LogP contribution in [0.3, 0.4) is 0 Å². The fourth-order valence-electron chi connectivity index (χ4n) is 3.66. The average molecular weight is 332 g/mol. The van der Waals surface area contributed by atoms with Crippen LogP contribution in [-0.4, -0.2) is 46.0 Å². The lowest BCUT2D eigenvalue weighted by molar-refractivity contribution is -0.134. The first kappa shape index (κ1) is 17.1. The molecule has 24 heavy (non-hydrogen) atoms. The number of piperidine rings is 1. The number of carbonyl (C=O) groups excluding carboxylic acids is 1. The van der Waals surface area contributed by atoms with Gasteiger partial charge in [0.15, 0.2) is 0 Å². The Morgan fingerprint density at radius 3 is 2.54 bits per heavy atom. The Morgan fingerprint density at radius 1 is 1.21 bits per heavy atom. The van der Waals surface area contributed by atoms with E-state index in [9.17, 15) is 4.79 Å². The quantitative estimate of drug-likeness (QED) is 0.913. The molecule has 1 amide bonds. The second-order valence-electron chi connectivity index (χ2n) is 7.15. The van der Waals surface area contributed by atoms with E-state index in [-0.39, 0.29) is 18.1 Å². The Labute approximate surface area is 143 Å². The molecule has 0 unspecified atom stereocenters. The second kappa shape index (κ2) is 7.92. The van der Waals surface area contributed by atoms with E-state index in [0.717, 1.165) is 44.3 Å². The molecule has 1 aromatic rings. The predicted molar refractivity (Wildman–Crippen MR) is 91.5 cm³/mol. The summed E-state index contributed by atoms with van der Waals surface area (Å²) in [5.41, 5.74) is 7.19. The molecule has 2 heterocycles. The normalized spacial score (nSPS) is 25.5. The number of amides is 1. The molecule has 2 aliphatic rings. The maximum atomic E-state index is 12.5. The summed E-state index contributed by atoms with van der Waals surface area (Å²) in [6.45, 7) is 3.45. The number of aryl methyl sites for hydroxylation is 1. The van der Waals surface area contributed by atoms with E-state index < -0.39 is 0 Å². The number of likely N-dealkylation sites (tertiary alicyclic amines) is 1. The van der Waals surface area contributed by atoms with Crippen LogP contribution in [0.15, 0.2) is 12.4 Å². The number of carbonyl (C=O) groups is 1. The number of ether oxygens (including phenoxy) is 1. The zero-order valence-corrected chi connectivity index (χ0v) is 14.5. The van der Waals surface area contributed by atoms with Gasteiger partial charge in [-0.05, 0) is 31.2 Å². The van der Waals surface area contributed by atoms with Crippen molar-refractivity contribution < 1.29 is 9.53 Å². The van der Waals surface area contributed by atoms with E-state index in [1.54, 1.807) is 12.4 Å². The molecule has 1 aromatic heterocycles. The second-order valence-corrected chi connectivity index (χ2v) is 7.15. The van der Waals surface area contributed by atoms with Crippen LogP contribution in [0.25, 0.3) is 0 Å². The summed E-state index contributed by atoms with van der Waals surface area (Å²) in [7, 11) is 0. The van der Waals surface area contributed by atoms with Crippen molar-refractivity contribution in [1.29, 1.82) is 0 Å². The van der Waals surface area contributed by atoms with Crippen molar-refractivity contribution >= 4 is 5.91 Å². The highest BCUT2D eigenvalue weighted by Gasteiger charge is 2.29. The molecule has 132 valence electrons. The van der Waals surface area contributed by atoms with Crippen molar-refractivity contribution in [2.75, 3.05) is 13.1 Å². The molecule has 6 heteroatoms. The van der Waals surface area contributed by atoms with Gasteiger partial charge in [-0.3, -0.25) is 4.79 Å². The highest BCUT2D eigenvalue weighted by molar-refractivity contribution is 5.76. The monoisotopic (exact) mass is 332 g/mol. The molecule has 1 saturated heterocycles. The lowest BCUT2D eigenvalue weighted by Gasteiger charge is -2.34. The highest BCUT2D eigenvalue weighted by atomic mass is 16.5. The van der Waals surface area contributed by atoms with E-state index in [0.29, 0.717) is 18.3 Å². The fraction of sp³-hybridized carbons (Fsp3) is 0.722. The maximum Gasteiger partial charge on any atom is 0.316 e. The van der Waals surface area contributed by atoms with E-state index in [2.05, 4.69) is 9.97 Å². The zero-order chi connectivity index (χ0) is 16.9. The van der Waals surface area contributed by atoms with E-state index >= 15 is 0 Å². The third-order valence-corrected chi connectivity index (χ3v) is 5.23. The Kier molecular flexibility index (Phi) is 5.66. The Hall–Kier alpha value is -1.69. The molecule has 0 spiro atoms. The van der Waals surface area contributed by atoms with Gasteiger partial charge >= 0.3 is 6.01 Å². The van der Waals surface area contributed by atoms with Crippen LogP contribution in [-0.2, 0) is 4.79 Å². The minimum atomic E-state index is 0.0914. The molecule has 3 rings (SSSR count). The third-order valence-electron chi connectivity index (χ3n) is 5.23. The van der Waals surface area contributed by atoms with Gasteiger partial charge in [0.25, 0.3) is 0 Å². The molecule has 2 atom stereocenters. The fourth-order valence-corrected chi connectivity index (χ4v) is 3.66. The van der Waals surface area contributed by atoms with Gasteiger partial charge in [0.2, 0.25) is 5.91 Å². The topological polar surface area (TPSA) is 81.3 Å². The highest BCUT2D eigenvalue weighted by Crippen LogP contribution is 2.27. The van der Waals surface area contributed by atoms with Crippen molar-refractivity contribution in [3.8, 4) is 6.01 Å². The van der Waals surface area contributed by atoms with Gasteiger partial charge in [-0.25, -0.2) is 9.97 Å². The first-order valence-electron chi connectivity index (χ1n) is 9.10. The minimum Gasteiger partial charge on any atom is -0.460 e. The summed E-state index contributed by atoms with van der Waals surface area (Å²) in [5, 5.41) is 0. The van der Waals surface area contributed by atoms with Gasteiger partial charge in [-0.2, -0.15) is 0 Å². The summed E-state index contributed by atoms with van der Waals surface area (Å²) >= 11 is 0. The first-order chi connectivity index (χ1) is 11.6. The molecule has 1 saturated carbocycles. The van der Waals surface area contributed by atoms with Crippen LogP contribution in [0.1, 0.15) is 50.5 Å². The lowest BCUT2D eigenvalue weighted by Crippen LogP contribution is -2.44. The van der Waals surface area contributed by atoms with Gasteiger partial charge in [-0.15, -0.1) is 0 Å². The lowest BCUT2D eigenvalue weighted by atomic mass is 9.82. The summed E-state index contributed by atoms with van der Waals surface area (Å²) in [6, 6.07) is 0.626. The number of nitrogens with two attached hydrogens (primary N) is 1. The van der Waals surface area contributed by atoms with Crippen LogP contribution in [0.5, 0.6) is 6.01 Å². The SMILES string of the molecule is Cc1cnc(OC2CCN(C(=O)C[C@@H]3CCCC[C@@H]3N)CC2)nc1. The molecule has 2 N–H and O–H groups in total. The molecule has 0 radical (unpaired) electrons. The molecule has 0 aromatic carbocycles. The van der Waals surface area contributed by atoms with E-state index in [4.69, 9.17) is 10.5 Å². The first-order valence-corrected chi connectivity index (χ1v) is 9.10. The minimum absolute atomic E-state index is 0.0914. The van der Waals surface area contributed by atoms with Crippen LogP contribution in [0.2, 0.25) is 0 Å². The Morgan fingerprint density at radius 2 is 1.88 bits per heavy atom. The smallest absolute Gasteiger partial charge is 0.316 e. The van der Waals surface area contributed by atoms with E-state index in [1.165, 1.54) is 12.8 Å². The number of nitrogens with zero attached hydrogens (tertiary/aromatic N) is 3. The van der Waals surface area contributed by atoms with Crippen LogP contribution < -0.4 is 10.5 Å². The van der Waals surface area contributed by atoms with Crippen molar-refractivity contribution in [3.63, 3.8) is 0 Å².